The summed E-state index contributed by atoms with van der Waals surface area (Å²) >= 11 is 9.60. The van der Waals surface area contributed by atoms with Gasteiger partial charge < -0.3 is 4.57 Å². The third-order valence-corrected chi connectivity index (χ3v) is 5.22. The Morgan fingerprint density at radius 3 is 2.75 bits per heavy atom. The van der Waals surface area contributed by atoms with Gasteiger partial charge in [-0.2, -0.15) is 0 Å². The predicted molar refractivity (Wildman–Crippen MR) is 88.1 cm³/mol. The third kappa shape index (κ3) is 2.89. The number of hydrogen-bond donors (Lipinski definition) is 0. The molecule has 1 aliphatic rings. The van der Waals surface area contributed by atoms with Gasteiger partial charge in [-0.15, -0.1) is 11.6 Å². The van der Waals surface area contributed by atoms with Crippen LogP contribution in [0.2, 0.25) is 0 Å². The van der Waals surface area contributed by atoms with Crippen molar-refractivity contribution in [2.75, 3.05) is 0 Å². The number of imidazole rings is 1. The second-order valence-corrected chi connectivity index (χ2v) is 7.21. The first-order valence-corrected chi connectivity index (χ1v) is 8.70. The van der Waals surface area contributed by atoms with Gasteiger partial charge in [-0.25, -0.2) is 4.98 Å². The highest BCUT2D eigenvalue weighted by Gasteiger charge is 2.20. The van der Waals surface area contributed by atoms with Crippen LogP contribution >= 0.6 is 27.5 Å². The molecule has 108 valence electrons. The van der Waals surface area contributed by atoms with E-state index in [1.165, 1.54) is 31.2 Å². The molecule has 2 aromatic rings. The van der Waals surface area contributed by atoms with Crippen molar-refractivity contribution in [1.82, 2.24) is 9.55 Å². The quantitative estimate of drug-likeness (QED) is 0.677. The van der Waals surface area contributed by atoms with Gasteiger partial charge in [-0.05, 0) is 42.9 Å². The Morgan fingerprint density at radius 1 is 1.30 bits per heavy atom. The van der Waals surface area contributed by atoms with E-state index in [-0.39, 0.29) is 0 Å². The van der Waals surface area contributed by atoms with Gasteiger partial charge in [-0.3, -0.25) is 0 Å². The molecule has 4 heteroatoms. The molecule has 3 rings (SSSR count). The topological polar surface area (TPSA) is 17.8 Å². The number of nitrogens with zero attached hydrogens (tertiary/aromatic N) is 2. The maximum atomic E-state index is 6.09. The van der Waals surface area contributed by atoms with E-state index < -0.39 is 0 Å². The smallest absolute Gasteiger partial charge is 0.124 e. The van der Waals surface area contributed by atoms with Crippen molar-refractivity contribution < 1.29 is 0 Å². The molecule has 0 bridgehead atoms. The molecule has 0 aliphatic heterocycles. The van der Waals surface area contributed by atoms with Crippen molar-refractivity contribution in [3.63, 3.8) is 0 Å². The lowest BCUT2D eigenvalue weighted by molar-refractivity contribution is 0.265. The van der Waals surface area contributed by atoms with Gasteiger partial charge in [0.15, 0.2) is 0 Å². The van der Waals surface area contributed by atoms with E-state index in [0.29, 0.717) is 5.88 Å². The van der Waals surface area contributed by atoms with Crippen LogP contribution in [0.15, 0.2) is 22.7 Å². The number of halogens is 2. The molecule has 1 aromatic carbocycles. The zero-order valence-electron chi connectivity index (χ0n) is 11.8. The van der Waals surface area contributed by atoms with Gasteiger partial charge in [0.25, 0.3) is 0 Å². The standard InChI is InChI=1S/C16H20BrClN2/c1-11-2-4-12(5-3-11)10-20-15-7-6-13(17)8-14(15)19-16(20)9-18/h6-8,11-12H,2-5,9-10H2,1H3. The summed E-state index contributed by atoms with van der Waals surface area (Å²) in [6.07, 6.45) is 5.39. The molecule has 0 unspecified atom stereocenters. The largest absolute Gasteiger partial charge is 0.327 e. The highest BCUT2D eigenvalue weighted by molar-refractivity contribution is 9.10. The molecular formula is C16H20BrClN2. The van der Waals surface area contributed by atoms with Gasteiger partial charge >= 0.3 is 0 Å². The summed E-state index contributed by atoms with van der Waals surface area (Å²) in [4.78, 5) is 4.67. The van der Waals surface area contributed by atoms with E-state index >= 15 is 0 Å². The zero-order valence-corrected chi connectivity index (χ0v) is 14.1. The van der Waals surface area contributed by atoms with Crippen LogP contribution in [-0.2, 0) is 12.4 Å². The van der Waals surface area contributed by atoms with Crippen molar-refractivity contribution in [2.24, 2.45) is 11.8 Å². The van der Waals surface area contributed by atoms with E-state index in [4.69, 9.17) is 11.6 Å². The minimum absolute atomic E-state index is 0.482. The summed E-state index contributed by atoms with van der Waals surface area (Å²) in [6, 6.07) is 6.31. The molecule has 0 spiro atoms. The number of rotatable bonds is 3. The van der Waals surface area contributed by atoms with Gasteiger partial charge in [0.2, 0.25) is 0 Å². The van der Waals surface area contributed by atoms with Gasteiger partial charge in [0.1, 0.15) is 5.82 Å². The average molecular weight is 356 g/mol. The molecule has 0 N–H and O–H groups in total. The van der Waals surface area contributed by atoms with Crippen molar-refractivity contribution in [3.8, 4) is 0 Å². The van der Waals surface area contributed by atoms with Crippen LogP contribution in [0, 0.1) is 11.8 Å². The summed E-state index contributed by atoms with van der Waals surface area (Å²) in [5.74, 6) is 3.15. The summed E-state index contributed by atoms with van der Waals surface area (Å²) < 4.78 is 3.40. The Kier molecular flexibility index (Phi) is 4.37. The van der Waals surface area contributed by atoms with Crippen LogP contribution in [0.1, 0.15) is 38.4 Å². The van der Waals surface area contributed by atoms with Crippen LogP contribution in [0.4, 0.5) is 0 Å². The van der Waals surface area contributed by atoms with Crippen molar-refractivity contribution in [2.45, 2.75) is 45.0 Å². The highest BCUT2D eigenvalue weighted by atomic mass is 79.9. The molecule has 20 heavy (non-hydrogen) atoms. The molecule has 0 atom stereocenters. The second-order valence-electron chi connectivity index (χ2n) is 6.03. The minimum atomic E-state index is 0.482. The normalized spacial score (nSPS) is 23.4. The number of aromatic nitrogens is 2. The first-order chi connectivity index (χ1) is 9.67. The second kappa shape index (κ2) is 6.07. The number of fused-ring (bicyclic) bond motifs is 1. The fraction of sp³-hybridized carbons (Fsp3) is 0.562. The Bertz CT molecular complexity index is 600. The van der Waals surface area contributed by atoms with E-state index in [9.17, 15) is 0 Å². The zero-order chi connectivity index (χ0) is 14.1. The summed E-state index contributed by atoms with van der Waals surface area (Å²) in [5, 5.41) is 0. The maximum Gasteiger partial charge on any atom is 0.124 e. The summed E-state index contributed by atoms with van der Waals surface area (Å²) in [6.45, 7) is 3.43. The van der Waals surface area contributed by atoms with E-state index in [1.54, 1.807) is 0 Å². The number of benzene rings is 1. The van der Waals surface area contributed by atoms with Crippen molar-refractivity contribution in [1.29, 1.82) is 0 Å². The lowest BCUT2D eigenvalue weighted by Gasteiger charge is -2.27. The first-order valence-electron chi connectivity index (χ1n) is 7.38. The van der Waals surface area contributed by atoms with E-state index in [2.05, 4.69) is 50.6 Å². The fourth-order valence-corrected chi connectivity index (χ4v) is 3.78. The Morgan fingerprint density at radius 2 is 2.05 bits per heavy atom. The number of alkyl halides is 1. The fourth-order valence-electron chi connectivity index (χ4n) is 3.23. The predicted octanol–water partition coefficient (Wildman–Crippen LogP) is 5.36. The Hall–Kier alpha value is -0.540. The summed E-state index contributed by atoms with van der Waals surface area (Å²) in [5.41, 5.74) is 2.25. The maximum absolute atomic E-state index is 6.09. The molecule has 1 heterocycles. The monoisotopic (exact) mass is 354 g/mol. The van der Waals surface area contributed by atoms with Crippen molar-refractivity contribution in [3.05, 3.63) is 28.5 Å². The van der Waals surface area contributed by atoms with Gasteiger partial charge in [0, 0.05) is 11.0 Å². The number of hydrogen-bond acceptors (Lipinski definition) is 1. The molecule has 0 amide bonds. The van der Waals surface area contributed by atoms with E-state index in [1.807, 2.05) is 0 Å². The Labute approximate surface area is 133 Å². The van der Waals surface area contributed by atoms with Crippen LogP contribution in [0.5, 0.6) is 0 Å². The molecule has 0 radical (unpaired) electrons. The SMILES string of the molecule is CC1CCC(Cn2c(CCl)nc3cc(Br)ccc32)CC1. The van der Waals surface area contributed by atoms with Crippen LogP contribution in [0.3, 0.4) is 0 Å². The first kappa shape index (κ1) is 14.4. The molecule has 2 nitrogen and oxygen atoms in total. The van der Waals surface area contributed by atoms with Crippen LogP contribution in [-0.4, -0.2) is 9.55 Å². The molecular weight excluding hydrogens is 336 g/mol. The summed E-state index contributed by atoms with van der Waals surface area (Å²) in [7, 11) is 0. The molecule has 1 aromatic heterocycles. The van der Waals surface area contributed by atoms with Crippen LogP contribution < -0.4 is 0 Å². The van der Waals surface area contributed by atoms with E-state index in [0.717, 1.165) is 34.2 Å². The molecule has 0 saturated heterocycles. The third-order valence-electron chi connectivity index (χ3n) is 4.49. The van der Waals surface area contributed by atoms with Crippen molar-refractivity contribution >= 4 is 38.6 Å². The highest BCUT2D eigenvalue weighted by Crippen LogP contribution is 2.31. The molecule has 1 saturated carbocycles. The van der Waals surface area contributed by atoms with Crippen LogP contribution in [0.25, 0.3) is 11.0 Å². The lowest BCUT2D eigenvalue weighted by atomic mass is 9.83. The minimum Gasteiger partial charge on any atom is -0.327 e. The lowest BCUT2D eigenvalue weighted by Crippen LogP contribution is -2.18. The van der Waals surface area contributed by atoms with Gasteiger partial charge in [0.05, 0.1) is 16.9 Å². The molecule has 1 aliphatic carbocycles. The molecule has 1 fully saturated rings. The average Bonchev–Trinajstić information content (AvgIpc) is 2.78. The Balaban J connectivity index is 1.89. The van der Waals surface area contributed by atoms with Gasteiger partial charge in [-0.1, -0.05) is 35.7 Å².